The molecule has 4 heteroatoms. The van der Waals surface area contributed by atoms with Crippen LogP contribution in [0.15, 0.2) is 18.2 Å². The second kappa shape index (κ2) is 5.57. The molecular formula is C14H21FN2O. The molecule has 1 aromatic carbocycles. The number of hydrogen-bond acceptors (Lipinski definition) is 3. The number of nitrogens with two attached hydrogens (primary N) is 1. The van der Waals surface area contributed by atoms with Crippen molar-refractivity contribution in [3.63, 3.8) is 0 Å². The van der Waals surface area contributed by atoms with Crippen molar-refractivity contribution >= 4 is 5.69 Å². The van der Waals surface area contributed by atoms with Crippen LogP contribution in [0.5, 0.6) is 5.75 Å². The van der Waals surface area contributed by atoms with Crippen LogP contribution >= 0.6 is 0 Å². The maximum Gasteiger partial charge on any atom is 0.150 e. The Morgan fingerprint density at radius 3 is 2.56 bits per heavy atom. The molecule has 0 radical (unpaired) electrons. The maximum absolute atomic E-state index is 14.0. The lowest BCUT2D eigenvalue weighted by molar-refractivity contribution is 0.241. The molecule has 100 valence electrons. The molecule has 0 amide bonds. The summed E-state index contributed by atoms with van der Waals surface area (Å²) in [6.45, 7) is 5.50. The molecule has 0 atom stereocenters. The molecule has 1 aliphatic heterocycles. The molecule has 0 unspecified atom stereocenters. The molecule has 1 saturated heterocycles. The van der Waals surface area contributed by atoms with Crippen LogP contribution in [-0.4, -0.2) is 25.2 Å². The minimum absolute atomic E-state index is 0.0586. The van der Waals surface area contributed by atoms with Gasteiger partial charge in [0.05, 0.1) is 11.8 Å². The van der Waals surface area contributed by atoms with Gasteiger partial charge in [0.1, 0.15) is 11.6 Å². The minimum atomic E-state index is -0.219. The SMILES string of the molecule is CC(C)Oc1ccc(N2CCC(N)CC2)c(F)c1. The van der Waals surface area contributed by atoms with Gasteiger partial charge in [-0.25, -0.2) is 4.39 Å². The third-order valence-corrected chi connectivity index (χ3v) is 3.17. The van der Waals surface area contributed by atoms with Crippen molar-refractivity contribution in [3.05, 3.63) is 24.0 Å². The van der Waals surface area contributed by atoms with E-state index in [9.17, 15) is 4.39 Å². The van der Waals surface area contributed by atoms with Gasteiger partial charge in [-0.05, 0) is 38.8 Å². The van der Waals surface area contributed by atoms with Gasteiger partial charge in [-0.1, -0.05) is 0 Å². The van der Waals surface area contributed by atoms with E-state index in [2.05, 4.69) is 4.90 Å². The van der Waals surface area contributed by atoms with Crippen molar-refractivity contribution in [1.29, 1.82) is 0 Å². The van der Waals surface area contributed by atoms with Crippen LogP contribution in [0.4, 0.5) is 10.1 Å². The molecule has 1 aliphatic rings. The van der Waals surface area contributed by atoms with Crippen LogP contribution in [0.2, 0.25) is 0 Å². The second-order valence-corrected chi connectivity index (χ2v) is 5.10. The van der Waals surface area contributed by atoms with Crippen LogP contribution in [0.25, 0.3) is 0 Å². The van der Waals surface area contributed by atoms with Crippen molar-refractivity contribution in [1.82, 2.24) is 0 Å². The van der Waals surface area contributed by atoms with Gasteiger partial charge in [0.2, 0.25) is 0 Å². The first-order valence-electron chi connectivity index (χ1n) is 6.53. The molecule has 0 aromatic heterocycles. The van der Waals surface area contributed by atoms with E-state index >= 15 is 0 Å². The van der Waals surface area contributed by atoms with Gasteiger partial charge in [-0.3, -0.25) is 0 Å². The van der Waals surface area contributed by atoms with Crippen LogP contribution in [0, 0.1) is 5.82 Å². The van der Waals surface area contributed by atoms with Crippen molar-refractivity contribution in [2.24, 2.45) is 5.73 Å². The predicted molar refractivity (Wildman–Crippen MR) is 71.6 cm³/mol. The topological polar surface area (TPSA) is 38.5 Å². The van der Waals surface area contributed by atoms with Crippen LogP contribution in [0.3, 0.4) is 0 Å². The highest BCUT2D eigenvalue weighted by molar-refractivity contribution is 5.51. The fourth-order valence-corrected chi connectivity index (χ4v) is 2.23. The molecule has 0 bridgehead atoms. The molecule has 1 aromatic rings. The molecular weight excluding hydrogens is 231 g/mol. The van der Waals surface area contributed by atoms with Crippen molar-refractivity contribution in [3.8, 4) is 5.75 Å². The Hall–Kier alpha value is -1.29. The summed E-state index contributed by atoms with van der Waals surface area (Å²) in [6.07, 6.45) is 1.90. The third-order valence-electron chi connectivity index (χ3n) is 3.17. The Morgan fingerprint density at radius 1 is 1.33 bits per heavy atom. The molecule has 3 nitrogen and oxygen atoms in total. The smallest absolute Gasteiger partial charge is 0.150 e. The van der Waals surface area contributed by atoms with E-state index in [0.29, 0.717) is 11.4 Å². The van der Waals surface area contributed by atoms with E-state index in [0.717, 1.165) is 25.9 Å². The Balaban J connectivity index is 2.09. The van der Waals surface area contributed by atoms with E-state index in [-0.39, 0.29) is 18.0 Å². The highest BCUT2D eigenvalue weighted by Crippen LogP contribution is 2.26. The average molecular weight is 252 g/mol. The summed E-state index contributed by atoms with van der Waals surface area (Å²) >= 11 is 0. The Bertz CT molecular complexity index is 401. The predicted octanol–water partition coefficient (Wildman–Crippen LogP) is 2.54. The number of nitrogens with zero attached hydrogens (tertiary/aromatic N) is 1. The molecule has 0 saturated carbocycles. The van der Waals surface area contributed by atoms with Gasteiger partial charge < -0.3 is 15.4 Å². The molecule has 1 fully saturated rings. The fourth-order valence-electron chi connectivity index (χ4n) is 2.23. The highest BCUT2D eigenvalue weighted by atomic mass is 19.1. The van der Waals surface area contributed by atoms with Crippen LogP contribution in [0.1, 0.15) is 26.7 Å². The maximum atomic E-state index is 14.0. The van der Waals surface area contributed by atoms with Crippen molar-refractivity contribution in [2.45, 2.75) is 38.8 Å². The van der Waals surface area contributed by atoms with Crippen LogP contribution < -0.4 is 15.4 Å². The number of benzene rings is 1. The van der Waals surface area contributed by atoms with E-state index in [1.54, 1.807) is 6.07 Å². The van der Waals surface area contributed by atoms with Gasteiger partial charge >= 0.3 is 0 Å². The summed E-state index contributed by atoms with van der Waals surface area (Å²) in [6, 6.07) is 5.34. The molecule has 1 heterocycles. The van der Waals surface area contributed by atoms with E-state index in [4.69, 9.17) is 10.5 Å². The fraction of sp³-hybridized carbons (Fsp3) is 0.571. The second-order valence-electron chi connectivity index (χ2n) is 5.10. The van der Waals surface area contributed by atoms with Gasteiger partial charge in [0, 0.05) is 25.2 Å². The van der Waals surface area contributed by atoms with Gasteiger partial charge in [0.25, 0.3) is 0 Å². The number of halogens is 1. The normalized spacial score (nSPS) is 17.3. The highest BCUT2D eigenvalue weighted by Gasteiger charge is 2.19. The summed E-state index contributed by atoms with van der Waals surface area (Å²) in [5, 5.41) is 0. The monoisotopic (exact) mass is 252 g/mol. The number of anilines is 1. The summed E-state index contributed by atoms with van der Waals surface area (Å²) in [5.74, 6) is 0.364. The number of hydrogen-bond donors (Lipinski definition) is 1. The van der Waals surface area contributed by atoms with E-state index in [1.165, 1.54) is 6.07 Å². The summed E-state index contributed by atoms with van der Waals surface area (Å²) < 4.78 is 19.5. The Labute approximate surface area is 108 Å². The molecule has 18 heavy (non-hydrogen) atoms. The van der Waals surface area contributed by atoms with Gasteiger partial charge in [0.15, 0.2) is 0 Å². The van der Waals surface area contributed by atoms with Crippen molar-refractivity contribution in [2.75, 3.05) is 18.0 Å². The lowest BCUT2D eigenvalue weighted by Gasteiger charge is -2.32. The number of rotatable bonds is 3. The van der Waals surface area contributed by atoms with Gasteiger partial charge in [-0.2, -0.15) is 0 Å². The number of ether oxygens (including phenoxy) is 1. The molecule has 0 spiro atoms. The Kier molecular flexibility index (Phi) is 4.07. The van der Waals surface area contributed by atoms with Crippen molar-refractivity contribution < 1.29 is 9.13 Å². The van der Waals surface area contributed by atoms with Crippen LogP contribution in [-0.2, 0) is 0 Å². The quantitative estimate of drug-likeness (QED) is 0.898. The average Bonchev–Trinajstić information content (AvgIpc) is 2.30. The summed E-state index contributed by atoms with van der Waals surface area (Å²) in [4.78, 5) is 2.05. The largest absolute Gasteiger partial charge is 0.491 e. The first kappa shape index (κ1) is 13.1. The third kappa shape index (κ3) is 3.13. The lowest BCUT2D eigenvalue weighted by atomic mass is 10.1. The Morgan fingerprint density at radius 2 is 2.00 bits per heavy atom. The first-order chi connectivity index (χ1) is 8.56. The molecule has 0 aliphatic carbocycles. The summed E-state index contributed by atoms with van der Waals surface area (Å²) in [5.41, 5.74) is 6.50. The summed E-state index contributed by atoms with van der Waals surface area (Å²) in [7, 11) is 0. The zero-order chi connectivity index (χ0) is 13.1. The minimum Gasteiger partial charge on any atom is -0.491 e. The lowest BCUT2D eigenvalue weighted by Crippen LogP contribution is -2.40. The van der Waals surface area contributed by atoms with E-state index in [1.807, 2.05) is 19.9 Å². The number of piperidine rings is 1. The van der Waals surface area contributed by atoms with Gasteiger partial charge in [-0.15, -0.1) is 0 Å². The standard InChI is InChI=1S/C14H21FN2O/c1-10(2)18-12-3-4-14(13(15)9-12)17-7-5-11(16)6-8-17/h3-4,9-11H,5-8,16H2,1-2H3. The first-order valence-corrected chi connectivity index (χ1v) is 6.53. The molecule has 2 rings (SSSR count). The van der Waals surface area contributed by atoms with E-state index < -0.39 is 0 Å². The zero-order valence-electron chi connectivity index (χ0n) is 11.0. The zero-order valence-corrected chi connectivity index (χ0v) is 11.0. The molecule has 2 N–H and O–H groups in total.